The van der Waals surface area contributed by atoms with Crippen molar-refractivity contribution in [1.82, 2.24) is 14.9 Å². The lowest BCUT2D eigenvalue weighted by molar-refractivity contribution is 0.0288. The summed E-state index contributed by atoms with van der Waals surface area (Å²) in [4.78, 5) is 26.3. The van der Waals surface area contributed by atoms with Crippen LogP contribution in [0.25, 0.3) is 0 Å². The molecule has 1 atom stereocenters. The van der Waals surface area contributed by atoms with E-state index >= 15 is 0 Å². The molecule has 0 spiro atoms. The molecule has 9 nitrogen and oxygen atoms in total. The van der Waals surface area contributed by atoms with Gasteiger partial charge in [0.15, 0.2) is 0 Å². The topological polar surface area (TPSA) is 94.1 Å². The lowest BCUT2D eigenvalue weighted by atomic mass is 10.1. The standard InChI is InChI=1S/C28H36N6O3/c1-4-29-27-30-18-23-19-34(16-15-32(2)26(23)31-27)24-12-8-9-21(17-24)20-37-25(13-14-33(3)28(35)36)22-10-6-5-7-11-22/h5-12,17-18,25H,4,13-16,19-20H2,1-3H3,(H,35,36)(H,29,30,31). The Morgan fingerprint density at radius 2 is 2.00 bits per heavy atom. The van der Waals surface area contributed by atoms with Crippen LogP contribution >= 0.6 is 0 Å². The number of fused-ring (bicyclic) bond motifs is 1. The summed E-state index contributed by atoms with van der Waals surface area (Å²) in [6, 6.07) is 18.4. The van der Waals surface area contributed by atoms with Crippen LogP contribution in [0, 0.1) is 0 Å². The van der Waals surface area contributed by atoms with Crippen LogP contribution in [0.5, 0.6) is 0 Å². The van der Waals surface area contributed by atoms with E-state index in [0.29, 0.717) is 25.5 Å². The molecule has 0 radical (unpaired) electrons. The minimum atomic E-state index is -0.938. The fourth-order valence-corrected chi connectivity index (χ4v) is 4.43. The molecule has 196 valence electrons. The summed E-state index contributed by atoms with van der Waals surface area (Å²) in [5.41, 5.74) is 4.33. The number of nitrogens with one attached hydrogen (secondary N) is 1. The van der Waals surface area contributed by atoms with Gasteiger partial charge in [-0.2, -0.15) is 4.98 Å². The number of hydrogen-bond donors (Lipinski definition) is 2. The molecule has 1 unspecified atom stereocenters. The Morgan fingerprint density at radius 3 is 2.76 bits per heavy atom. The molecule has 2 N–H and O–H groups in total. The number of aromatic nitrogens is 2. The van der Waals surface area contributed by atoms with Gasteiger partial charge in [-0.05, 0) is 36.6 Å². The third-order valence-electron chi connectivity index (χ3n) is 6.56. The Hall–Kier alpha value is -3.85. The second-order valence-electron chi connectivity index (χ2n) is 9.29. The maximum absolute atomic E-state index is 11.2. The molecule has 1 aromatic heterocycles. The van der Waals surface area contributed by atoms with Gasteiger partial charge >= 0.3 is 6.09 Å². The zero-order valence-corrected chi connectivity index (χ0v) is 21.8. The summed E-state index contributed by atoms with van der Waals surface area (Å²) in [5.74, 6) is 1.62. The predicted octanol–water partition coefficient (Wildman–Crippen LogP) is 4.62. The summed E-state index contributed by atoms with van der Waals surface area (Å²) >= 11 is 0. The molecule has 1 aliphatic heterocycles. The van der Waals surface area contributed by atoms with Gasteiger partial charge in [0.05, 0.1) is 12.7 Å². The van der Waals surface area contributed by atoms with E-state index in [1.807, 2.05) is 43.5 Å². The van der Waals surface area contributed by atoms with E-state index in [-0.39, 0.29) is 6.10 Å². The van der Waals surface area contributed by atoms with Gasteiger partial charge in [0.1, 0.15) is 5.82 Å². The Labute approximate surface area is 218 Å². The van der Waals surface area contributed by atoms with Crippen molar-refractivity contribution in [2.45, 2.75) is 32.6 Å². The number of carboxylic acid groups (broad SMARTS) is 1. The fourth-order valence-electron chi connectivity index (χ4n) is 4.43. The van der Waals surface area contributed by atoms with Crippen molar-refractivity contribution >= 4 is 23.5 Å². The highest BCUT2D eigenvalue weighted by atomic mass is 16.5. The lowest BCUT2D eigenvalue weighted by Crippen LogP contribution is -2.29. The van der Waals surface area contributed by atoms with Crippen molar-refractivity contribution in [3.05, 3.63) is 77.5 Å². The van der Waals surface area contributed by atoms with Crippen LogP contribution in [0.2, 0.25) is 0 Å². The number of carbonyl (C=O) groups is 1. The molecule has 2 heterocycles. The van der Waals surface area contributed by atoms with Crippen LogP contribution in [0.4, 0.5) is 22.2 Å². The molecule has 0 fully saturated rings. The zero-order chi connectivity index (χ0) is 26.2. The van der Waals surface area contributed by atoms with Crippen molar-refractivity contribution in [3.8, 4) is 0 Å². The van der Waals surface area contributed by atoms with Gasteiger partial charge in [-0.25, -0.2) is 9.78 Å². The third-order valence-corrected chi connectivity index (χ3v) is 6.56. The van der Waals surface area contributed by atoms with Gasteiger partial charge in [0.2, 0.25) is 5.95 Å². The maximum atomic E-state index is 11.2. The maximum Gasteiger partial charge on any atom is 0.407 e. The number of likely N-dealkylation sites (N-methyl/N-ethyl adjacent to an activating group) is 1. The number of rotatable bonds is 10. The van der Waals surface area contributed by atoms with E-state index in [9.17, 15) is 9.90 Å². The first-order valence-electron chi connectivity index (χ1n) is 12.7. The molecular weight excluding hydrogens is 468 g/mol. The minimum Gasteiger partial charge on any atom is -0.465 e. The first kappa shape index (κ1) is 26.2. The SMILES string of the molecule is CCNc1ncc2c(n1)N(C)CCN(c1cccc(COC(CCN(C)C(=O)O)c3ccccc3)c1)C2. The lowest BCUT2D eigenvalue weighted by Gasteiger charge is -2.24. The molecule has 1 aliphatic rings. The quantitative estimate of drug-likeness (QED) is 0.413. The van der Waals surface area contributed by atoms with E-state index in [0.717, 1.165) is 54.4 Å². The monoisotopic (exact) mass is 504 g/mol. The molecule has 3 aromatic rings. The average molecular weight is 505 g/mol. The molecular formula is C28H36N6O3. The van der Waals surface area contributed by atoms with Crippen LogP contribution in [-0.4, -0.2) is 66.3 Å². The number of nitrogens with zero attached hydrogens (tertiary/aromatic N) is 5. The first-order valence-corrected chi connectivity index (χ1v) is 12.7. The highest BCUT2D eigenvalue weighted by Gasteiger charge is 2.21. The number of hydrogen-bond acceptors (Lipinski definition) is 7. The van der Waals surface area contributed by atoms with Crippen LogP contribution in [0.1, 0.15) is 36.1 Å². The smallest absolute Gasteiger partial charge is 0.407 e. The van der Waals surface area contributed by atoms with Crippen molar-refractivity contribution < 1.29 is 14.6 Å². The molecule has 0 saturated carbocycles. The fraction of sp³-hybridized carbons (Fsp3) is 0.393. The van der Waals surface area contributed by atoms with E-state index in [4.69, 9.17) is 9.72 Å². The summed E-state index contributed by atoms with van der Waals surface area (Å²) in [6.07, 6.45) is 1.36. The Balaban J connectivity index is 1.46. The summed E-state index contributed by atoms with van der Waals surface area (Å²) < 4.78 is 6.35. The third kappa shape index (κ3) is 6.89. The molecule has 0 bridgehead atoms. The van der Waals surface area contributed by atoms with E-state index in [2.05, 4.69) is 51.4 Å². The largest absolute Gasteiger partial charge is 0.465 e. The van der Waals surface area contributed by atoms with Crippen molar-refractivity contribution in [2.75, 3.05) is 55.4 Å². The van der Waals surface area contributed by atoms with E-state index < -0.39 is 6.09 Å². The molecule has 4 rings (SSSR count). The first-order chi connectivity index (χ1) is 17.9. The molecule has 1 amide bonds. The van der Waals surface area contributed by atoms with Gasteiger partial charge < -0.3 is 29.9 Å². The molecule has 0 saturated heterocycles. The van der Waals surface area contributed by atoms with Gasteiger partial charge in [0, 0.05) is 64.3 Å². The Kier molecular flexibility index (Phi) is 8.79. The van der Waals surface area contributed by atoms with E-state index in [1.165, 1.54) is 4.90 Å². The summed E-state index contributed by atoms with van der Waals surface area (Å²) in [5, 5.41) is 12.4. The predicted molar refractivity (Wildman–Crippen MR) is 146 cm³/mol. The molecule has 9 heteroatoms. The van der Waals surface area contributed by atoms with Crippen molar-refractivity contribution in [1.29, 1.82) is 0 Å². The van der Waals surface area contributed by atoms with Gasteiger partial charge in [-0.1, -0.05) is 42.5 Å². The van der Waals surface area contributed by atoms with Crippen molar-refractivity contribution in [2.24, 2.45) is 0 Å². The summed E-state index contributed by atoms with van der Waals surface area (Å²) in [7, 11) is 3.65. The molecule has 37 heavy (non-hydrogen) atoms. The van der Waals surface area contributed by atoms with E-state index in [1.54, 1.807) is 7.05 Å². The highest BCUT2D eigenvalue weighted by Crippen LogP contribution is 2.28. The van der Waals surface area contributed by atoms with Crippen LogP contribution < -0.4 is 15.1 Å². The Bertz CT molecular complexity index is 1180. The average Bonchev–Trinajstić information content (AvgIpc) is 3.08. The van der Waals surface area contributed by atoms with Crippen molar-refractivity contribution in [3.63, 3.8) is 0 Å². The minimum absolute atomic E-state index is 0.201. The number of ether oxygens (including phenoxy) is 1. The molecule has 0 aliphatic carbocycles. The summed E-state index contributed by atoms with van der Waals surface area (Å²) in [6.45, 7) is 6.09. The van der Waals surface area contributed by atoms with Gasteiger partial charge in [0.25, 0.3) is 0 Å². The normalized spacial score (nSPS) is 14.0. The van der Waals surface area contributed by atoms with Gasteiger partial charge in [-0.3, -0.25) is 0 Å². The number of benzene rings is 2. The van der Waals surface area contributed by atoms with Gasteiger partial charge in [-0.15, -0.1) is 0 Å². The van der Waals surface area contributed by atoms with Crippen LogP contribution in [-0.2, 0) is 17.9 Å². The highest BCUT2D eigenvalue weighted by molar-refractivity contribution is 5.64. The molecule has 2 aromatic carbocycles. The van der Waals surface area contributed by atoms with Crippen LogP contribution in [0.15, 0.2) is 60.8 Å². The number of amides is 1. The van der Waals surface area contributed by atoms with Crippen LogP contribution in [0.3, 0.4) is 0 Å². The zero-order valence-electron chi connectivity index (χ0n) is 21.8. The second-order valence-corrected chi connectivity index (χ2v) is 9.29. The second kappa shape index (κ2) is 12.4. The number of anilines is 3. The Morgan fingerprint density at radius 1 is 1.19 bits per heavy atom.